The van der Waals surface area contributed by atoms with Crippen LogP contribution in [0.1, 0.15) is 49.3 Å². The van der Waals surface area contributed by atoms with Gasteiger partial charge in [0.1, 0.15) is 0 Å². The molecule has 260 valence electrons. The summed E-state index contributed by atoms with van der Waals surface area (Å²) in [6.07, 6.45) is -2.19. The Kier molecular flexibility index (Phi) is 10.1. The van der Waals surface area contributed by atoms with Gasteiger partial charge in [-0.1, -0.05) is 23.7 Å². The minimum Gasteiger partial charge on any atom is -0.397 e. The average molecular weight is 690 g/mol. The number of nitrogens with one attached hydrogen (secondary N) is 1. The van der Waals surface area contributed by atoms with Crippen LogP contribution in [0.5, 0.6) is 0 Å². The summed E-state index contributed by atoms with van der Waals surface area (Å²) in [5.41, 5.74) is 5.65. The number of amides is 2. The first-order valence-corrected chi connectivity index (χ1v) is 17.1. The van der Waals surface area contributed by atoms with Crippen LogP contribution in [0.3, 0.4) is 0 Å². The van der Waals surface area contributed by atoms with Gasteiger partial charge in [0.2, 0.25) is 11.8 Å². The monoisotopic (exact) mass is 689 g/mol. The van der Waals surface area contributed by atoms with Gasteiger partial charge in [-0.05, 0) is 69.0 Å². The maximum Gasteiger partial charge on any atom is 0.418 e. The standard InChI is InChI=1S/C34H43ClF3N7O3/c1-41-14-16-42(17-15-41)24-6-12-44(13-7-24)32(47)23(18-22-19-26(34(36,37)38)31(39)27(35)20-22)21-30(46)43-10-8-25(9-11-43)45-29-5-3-2-4-28(29)40-33(45)48/h2-5,19-20,23-25H,6-18,21,39H2,1H3,(H,40,48)/t23-/m0/s1. The summed E-state index contributed by atoms with van der Waals surface area (Å²) in [6.45, 7) is 5.83. The van der Waals surface area contributed by atoms with Gasteiger partial charge in [0.25, 0.3) is 0 Å². The first kappa shape index (κ1) is 34.3. The van der Waals surface area contributed by atoms with E-state index in [1.165, 1.54) is 6.07 Å². The summed E-state index contributed by atoms with van der Waals surface area (Å²) >= 11 is 6.14. The van der Waals surface area contributed by atoms with Crippen molar-refractivity contribution in [2.75, 3.05) is 65.1 Å². The number of carbonyl (C=O) groups excluding carboxylic acids is 2. The molecule has 6 rings (SSSR count). The minimum absolute atomic E-state index is 0.0762. The third-order valence-electron chi connectivity index (χ3n) is 10.4. The Bertz CT molecular complexity index is 1690. The molecule has 1 atom stereocenters. The molecule has 0 bridgehead atoms. The molecule has 3 N–H and O–H groups in total. The first-order valence-electron chi connectivity index (χ1n) is 16.7. The second-order valence-corrected chi connectivity index (χ2v) is 13.9. The van der Waals surface area contributed by atoms with Crippen molar-refractivity contribution in [2.24, 2.45) is 5.92 Å². The number of piperazine rings is 1. The number of aromatic amines is 1. The molecule has 2 amide bonds. The second-order valence-electron chi connectivity index (χ2n) is 13.5. The molecule has 3 aromatic rings. The van der Waals surface area contributed by atoms with Crippen molar-refractivity contribution in [3.05, 3.63) is 63.0 Å². The number of para-hydroxylation sites is 2. The molecule has 48 heavy (non-hydrogen) atoms. The Morgan fingerprint density at radius 1 is 0.938 bits per heavy atom. The SMILES string of the molecule is CN1CCN(C2CCN(C(=O)[C@H](CC(=O)N3CCC(n4c(=O)[nH]c5ccccc54)CC3)Cc3cc(Cl)c(N)c(C(F)(F)F)c3)CC2)CC1. The number of aromatic nitrogens is 2. The number of halogens is 4. The van der Waals surface area contributed by atoms with Crippen molar-refractivity contribution in [2.45, 2.75) is 56.8 Å². The van der Waals surface area contributed by atoms with E-state index in [2.05, 4.69) is 21.8 Å². The number of alkyl halides is 3. The molecule has 4 heterocycles. The van der Waals surface area contributed by atoms with E-state index in [9.17, 15) is 27.6 Å². The highest BCUT2D eigenvalue weighted by Crippen LogP contribution is 2.38. The molecular formula is C34H43ClF3N7O3. The third kappa shape index (κ3) is 7.37. The molecule has 3 fully saturated rings. The van der Waals surface area contributed by atoms with Crippen LogP contribution in [0.15, 0.2) is 41.2 Å². The van der Waals surface area contributed by atoms with E-state index >= 15 is 0 Å². The molecule has 0 spiro atoms. The number of carbonyl (C=O) groups is 2. The van der Waals surface area contributed by atoms with Gasteiger partial charge in [-0.3, -0.25) is 19.1 Å². The van der Waals surface area contributed by atoms with E-state index in [0.29, 0.717) is 45.1 Å². The van der Waals surface area contributed by atoms with Crippen molar-refractivity contribution < 1.29 is 22.8 Å². The summed E-state index contributed by atoms with van der Waals surface area (Å²) in [6, 6.07) is 10.1. The van der Waals surface area contributed by atoms with Gasteiger partial charge in [-0.25, -0.2) is 4.79 Å². The summed E-state index contributed by atoms with van der Waals surface area (Å²) in [5.74, 6) is -1.34. The summed E-state index contributed by atoms with van der Waals surface area (Å²) in [4.78, 5) is 51.7. The molecule has 3 aliphatic rings. The molecule has 0 unspecified atom stereocenters. The number of nitrogens with two attached hydrogens (primary N) is 1. The zero-order valence-electron chi connectivity index (χ0n) is 27.1. The van der Waals surface area contributed by atoms with Gasteiger partial charge in [0.05, 0.1) is 33.2 Å². The fraction of sp³-hybridized carbons (Fsp3) is 0.559. The van der Waals surface area contributed by atoms with Crippen LogP contribution in [-0.2, 0) is 22.2 Å². The predicted octanol–water partition coefficient (Wildman–Crippen LogP) is 4.23. The van der Waals surface area contributed by atoms with Crippen LogP contribution in [-0.4, -0.2) is 106 Å². The molecule has 0 aliphatic carbocycles. The number of H-pyrrole nitrogens is 1. The number of rotatable bonds is 7. The molecule has 3 aliphatic heterocycles. The number of imidazole rings is 1. The van der Waals surface area contributed by atoms with Crippen molar-refractivity contribution in [1.29, 1.82) is 0 Å². The lowest BCUT2D eigenvalue weighted by Crippen LogP contribution is -2.53. The van der Waals surface area contributed by atoms with E-state index in [1.54, 1.807) is 14.4 Å². The fourth-order valence-electron chi connectivity index (χ4n) is 7.60. The number of piperidine rings is 2. The van der Waals surface area contributed by atoms with Gasteiger partial charge < -0.3 is 25.4 Å². The highest BCUT2D eigenvalue weighted by molar-refractivity contribution is 6.33. The molecule has 3 saturated heterocycles. The summed E-state index contributed by atoms with van der Waals surface area (Å²) in [5, 5.41) is -0.236. The molecular weight excluding hydrogens is 647 g/mol. The molecule has 1 aromatic heterocycles. The zero-order chi connectivity index (χ0) is 34.2. The number of hydrogen-bond donors (Lipinski definition) is 2. The highest BCUT2D eigenvalue weighted by Gasteiger charge is 2.37. The second kappa shape index (κ2) is 14.1. The van der Waals surface area contributed by atoms with Crippen LogP contribution in [0, 0.1) is 5.92 Å². The number of benzene rings is 2. The number of nitrogens with zero attached hydrogens (tertiary/aromatic N) is 5. The first-order chi connectivity index (χ1) is 22.9. The van der Waals surface area contributed by atoms with E-state index in [4.69, 9.17) is 17.3 Å². The molecule has 10 nitrogen and oxygen atoms in total. The van der Waals surface area contributed by atoms with Crippen LogP contribution < -0.4 is 11.4 Å². The van der Waals surface area contributed by atoms with Crippen molar-refractivity contribution in [3.63, 3.8) is 0 Å². The lowest BCUT2D eigenvalue weighted by Gasteiger charge is -2.42. The number of hydrogen-bond acceptors (Lipinski definition) is 6. The third-order valence-corrected chi connectivity index (χ3v) is 10.7. The number of likely N-dealkylation sites (N-methyl/N-ethyl adjacent to an activating group) is 1. The Labute approximate surface area is 282 Å². The van der Waals surface area contributed by atoms with Gasteiger partial charge in [0.15, 0.2) is 0 Å². The molecule has 14 heteroatoms. The minimum atomic E-state index is -4.72. The number of anilines is 1. The largest absolute Gasteiger partial charge is 0.418 e. The van der Waals surface area contributed by atoms with Crippen LogP contribution in [0.25, 0.3) is 11.0 Å². The van der Waals surface area contributed by atoms with Crippen molar-refractivity contribution in [1.82, 2.24) is 29.2 Å². The van der Waals surface area contributed by atoms with E-state index in [-0.39, 0.29) is 47.0 Å². The zero-order valence-corrected chi connectivity index (χ0v) is 27.9. The highest BCUT2D eigenvalue weighted by atomic mass is 35.5. The van der Waals surface area contributed by atoms with Gasteiger partial charge in [-0.15, -0.1) is 0 Å². The Morgan fingerprint density at radius 2 is 1.56 bits per heavy atom. The topological polar surface area (TPSA) is 111 Å². The quantitative estimate of drug-likeness (QED) is 0.360. The summed E-state index contributed by atoms with van der Waals surface area (Å²) in [7, 11) is 2.11. The fourth-order valence-corrected chi connectivity index (χ4v) is 7.85. The smallest absolute Gasteiger partial charge is 0.397 e. The van der Waals surface area contributed by atoms with Gasteiger partial charge in [0, 0.05) is 70.9 Å². The predicted molar refractivity (Wildman–Crippen MR) is 179 cm³/mol. The number of fused-ring (bicyclic) bond motifs is 1. The Hall–Kier alpha value is -3.55. The summed E-state index contributed by atoms with van der Waals surface area (Å²) < 4.78 is 43.1. The Balaban J connectivity index is 1.16. The van der Waals surface area contributed by atoms with Crippen LogP contribution in [0.2, 0.25) is 5.02 Å². The van der Waals surface area contributed by atoms with Gasteiger partial charge >= 0.3 is 11.9 Å². The van der Waals surface area contributed by atoms with E-state index in [1.807, 2.05) is 24.3 Å². The maximum absolute atomic E-state index is 14.1. The van der Waals surface area contributed by atoms with Crippen molar-refractivity contribution >= 4 is 40.1 Å². The van der Waals surface area contributed by atoms with Crippen molar-refractivity contribution in [3.8, 4) is 0 Å². The normalized spacial score (nSPS) is 20.0. The van der Waals surface area contributed by atoms with Crippen LogP contribution in [0.4, 0.5) is 18.9 Å². The van der Waals surface area contributed by atoms with Gasteiger partial charge in [-0.2, -0.15) is 13.2 Å². The number of likely N-dealkylation sites (tertiary alicyclic amines) is 2. The Morgan fingerprint density at radius 3 is 2.23 bits per heavy atom. The molecule has 2 aromatic carbocycles. The van der Waals surface area contributed by atoms with E-state index < -0.39 is 23.3 Å². The van der Waals surface area contributed by atoms with E-state index in [0.717, 1.165) is 56.1 Å². The lowest BCUT2D eigenvalue weighted by molar-refractivity contribution is -0.143. The maximum atomic E-state index is 14.1. The molecule has 0 radical (unpaired) electrons. The lowest BCUT2D eigenvalue weighted by atomic mass is 9.91. The molecule has 0 saturated carbocycles. The number of nitrogen functional groups attached to an aromatic ring is 1. The van der Waals surface area contributed by atoms with Crippen LogP contribution >= 0.6 is 11.6 Å². The average Bonchev–Trinajstić information content (AvgIpc) is 3.41.